The van der Waals surface area contributed by atoms with Gasteiger partial charge in [-0.1, -0.05) is 13.3 Å². The number of unbranched alkanes of at least 4 members (excludes halogenated alkanes) is 1. The van der Waals surface area contributed by atoms with Crippen molar-refractivity contribution < 1.29 is 22.7 Å². The number of benzene rings is 1. The summed E-state index contributed by atoms with van der Waals surface area (Å²) >= 11 is 0. The van der Waals surface area contributed by atoms with E-state index in [2.05, 4.69) is 0 Å². The van der Waals surface area contributed by atoms with Crippen molar-refractivity contribution in [2.45, 2.75) is 19.8 Å². The van der Waals surface area contributed by atoms with E-state index in [-0.39, 0.29) is 12.5 Å². The molecule has 0 aliphatic carbocycles. The molecule has 1 amide bonds. The molecule has 136 valence electrons. The molecule has 0 fully saturated rings. The molecule has 1 rings (SSSR count). The van der Waals surface area contributed by atoms with Crippen LogP contribution in [0.2, 0.25) is 0 Å². The van der Waals surface area contributed by atoms with Gasteiger partial charge >= 0.3 is 0 Å². The number of sulfonamides is 1. The van der Waals surface area contributed by atoms with Crippen LogP contribution in [0.3, 0.4) is 0 Å². The fourth-order valence-corrected chi connectivity index (χ4v) is 2.99. The monoisotopic (exact) mass is 358 g/mol. The van der Waals surface area contributed by atoms with Crippen molar-refractivity contribution in [1.29, 1.82) is 0 Å². The van der Waals surface area contributed by atoms with Gasteiger partial charge in [0.05, 0.1) is 26.2 Å². The summed E-state index contributed by atoms with van der Waals surface area (Å²) in [5, 5.41) is 0. The Balaban J connectivity index is 3.14. The third kappa shape index (κ3) is 5.30. The average molecular weight is 358 g/mol. The number of amides is 1. The van der Waals surface area contributed by atoms with E-state index in [1.807, 2.05) is 6.92 Å². The van der Waals surface area contributed by atoms with Crippen LogP contribution in [0.1, 0.15) is 19.8 Å². The maximum Gasteiger partial charge on any atom is 0.243 e. The summed E-state index contributed by atoms with van der Waals surface area (Å²) in [6, 6.07) is 4.78. The molecule has 0 aromatic heterocycles. The summed E-state index contributed by atoms with van der Waals surface area (Å²) in [6.07, 6.45) is 2.89. The zero-order valence-corrected chi connectivity index (χ0v) is 15.7. The Morgan fingerprint density at radius 1 is 1.21 bits per heavy atom. The van der Waals surface area contributed by atoms with Crippen molar-refractivity contribution in [2.24, 2.45) is 0 Å². The minimum Gasteiger partial charge on any atom is -0.497 e. The second-order valence-corrected chi connectivity index (χ2v) is 7.38. The molecule has 0 aliphatic rings. The Morgan fingerprint density at radius 3 is 2.38 bits per heavy atom. The van der Waals surface area contributed by atoms with E-state index in [0.717, 1.165) is 23.4 Å². The van der Waals surface area contributed by atoms with Crippen molar-refractivity contribution in [2.75, 3.05) is 44.9 Å². The van der Waals surface area contributed by atoms with E-state index in [9.17, 15) is 13.2 Å². The second kappa shape index (κ2) is 8.77. The predicted octanol–water partition coefficient (Wildman–Crippen LogP) is 1.73. The molecule has 1 aromatic carbocycles. The van der Waals surface area contributed by atoms with Gasteiger partial charge in [-0.25, -0.2) is 8.42 Å². The Morgan fingerprint density at radius 2 is 1.88 bits per heavy atom. The molecule has 0 unspecified atom stereocenters. The van der Waals surface area contributed by atoms with Gasteiger partial charge in [0.1, 0.15) is 18.0 Å². The van der Waals surface area contributed by atoms with E-state index in [4.69, 9.17) is 9.47 Å². The standard InChI is InChI=1S/C16H26N2O5S/c1-6-7-10-17(2)16(19)12-18(24(5,20)21)14-9-8-13(22-3)11-15(14)23-4/h8-9,11H,6-7,10,12H2,1-5H3. The van der Waals surface area contributed by atoms with Gasteiger partial charge in [-0.15, -0.1) is 0 Å². The number of methoxy groups -OCH3 is 2. The summed E-state index contributed by atoms with van der Waals surface area (Å²) in [5.74, 6) is 0.589. The zero-order chi connectivity index (χ0) is 18.3. The number of ether oxygens (including phenoxy) is 2. The third-order valence-corrected chi connectivity index (χ3v) is 4.73. The number of likely N-dealkylation sites (N-methyl/N-ethyl adjacent to an activating group) is 1. The highest BCUT2D eigenvalue weighted by Crippen LogP contribution is 2.33. The summed E-state index contributed by atoms with van der Waals surface area (Å²) in [5.41, 5.74) is 0.304. The molecule has 1 aromatic rings. The summed E-state index contributed by atoms with van der Waals surface area (Å²) in [6.45, 7) is 2.35. The Labute approximate surface area is 144 Å². The van der Waals surface area contributed by atoms with Crippen LogP contribution in [0.15, 0.2) is 18.2 Å². The number of nitrogens with zero attached hydrogens (tertiary/aromatic N) is 2. The van der Waals surface area contributed by atoms with Crippen molar-refractivity contribution in [3.05, 3.63) is 18.2 Å². The third-order valence-electron chi connectivity index (χ3n) is 3.61. The minimum absolute atomic E-state index is 0.272. The molecule has 0 N–H and O–H groups in total. The molecule has 0 radical (unpaired) electrons. The van der Waals surface area contributed by atoms with E-state index in [0.29, 0.717) is 23.7 Å². The van der Waals surface area contributed by atoms with Gasteiger partial charge in [0.25, 0.3) is 0 Å². The van der Waals surface area contributed by atoms with Crippen LogP contribution in [0.25, 0.3) is 0 Å². The number of carbonyl (C=O) groups is 1. The molecule has 0 saturated carbocycles. The van der Waals surface area contributed by atoms with Gasteiger partial charge < -0.3 is 14.4 Å². The van der Waals surface area contributed by atoms with Gasteiger partial charge in [0.15, 0.2) is 0 Å². The molecule has 0 atom stereocenters. The van der Waals surface area contributed by atoms with Crippen LogP contribution in [-0.2, 0) is 14.8 Å². The van der Waals surface area contributed by atoms with Crippen molar-refractivity contribution in [3.8, 4) is 11.5 Å². The first-order valence-electron chi connectivity index (χ1n) is 7.68. The first-order chi connectivity index (χ1) is 11.2. The number of hydrogen-bond acceptors (Lipinski definition) is 5. The van der Waals surface area contributed by atoms with Gasteiger partial charge in [-0.2, -0.15) is 0 Å². The highest BCUT2D eigenvalue weighted by atomic mass is 32.2. The normalized spacial score (nSPS) is 11.0. The quantitative estimate of drug-likeness (QED) is 0.672. The predicted molar refractivity (Wildman–Crippen MR) is 94.3 cm³/mol. The molecule has 24 heavy (non-hydrogen) atoms. The van der Waals surface area contributed by atoms with Crippen molar-refractivity contribution in [3.63, 3.8) is 0 Å². The lowest BCUT2D eigenvalue weighted by Crippen LogP contribution is -2.41. The average Bonchev–Trinajstić information content (AvgIpc) is 2.55. The van der Waals surface area contributed by atoms with Crippen molar-refractivity contribution in [1.82, 2.24) is 4.90 Å². The topological polar surface area (TPSA) is 76.2 Å². The highest BCUT2D eigenvalue weighted by molar-refractivity contribution is 7.92. The maximum absolute atomic E-state index is 12.4. The molecule has 0 spiro atoms. The SMILES string of the molecule is CCCCN(C)C(=O)CN(c1ccc(OC)cc1OC)S(C)(=O)=O. The number of rotatable bonds is 9. The van der Waals surface area contributed by atoms with Crippen molar-refractivity contribution >= 4 is 21.6 Å². The first-order valence-corrected chi connectivity index (χ1v) is 9.53. The summed E-state index contributed by atoms with van der Waals surface area (Å²) < 4.78 is 35.8. The van der Waals surface area contributed by atoms with Crippen LogP contribution in [0, 0.1) is 0 Å². The molecule has 0 saturated heterocycles. The smallest absolute Gasteiger partial charge is 0.243 e. The maximum atomic E-state index is 12.4. The second-order valence-electron chi connectivity index (χ2n) is 5.48. The van der Waals surface area contributed by atoms with Gasteiger partial charge in [0, 0.05) is 19.7 Å². The summed E-state index contributed by atoms with van der Waals surface area (Å²) in [7, 11) is 0.963. The fraction of sp³-hybridized carbons (Fsp3) is 0.562. The van der Waals surface area contributed by atoms with Crippen LogP contribution >= 0.6 is 0 Å². The van der Waals surface area contributed by atoms with Crippen LogP contribution in [0.5, 0.6) is 11.5 Å². The molecular weight excluding hydrogens is 332 g/mol. The molecule has 7 nitrogen and oxygen atoms in total. The largest absolute Gasteiger partial charge is 0.497 e. The van der Waals surface area contributed by atoms with Crippen LogP contribution < -0.4 is 13.8 Å². The lowest BCUT2D eigenvalue weighted by atomic mass is 10.2. The molecule has 0 heterocycles. The van der Waals surface area contributed by atoms with E-state index in [1.165, 1.54) is 19.1 Å². The molecule has 0 aliphatic heterocycles. The first kappa shape index (κ1) is 20.1. The minimum atomic E-state index is -3.65. The number of hydrogen-bond donors (Lipinski definition) is 0. The Hall–Kier alpha value is -1.96. The molecular formula is C16H26N2O5S. The Kier molecular flexibility index (Phi) is 7.34. The molecule has 8 heteroatoms. The van der Waals surface area contributed by atoms with Gasteiger partial charge in [-0.05, 0) is 18.6 Å². The van der Waals surface area contributed by atoms with E-state index >= 15 is 0 Å². The molecule has 0 bridgehead atoms. The fourth-order valence-electron chi connectivity index (χ4n) is 2.14. The van der Waals surface area contributed by atoms with Gasteiger partial charge in [-0.3, -0.25) is 9.10 Å². The van der Waals surface area contributed by atoms with Gasteiger partial charge in [0.2, 0.25) is 15.9 Å². The lowest BCUT2D eigenvalue weighted by Gasteiger charge is -2.26. The lowest BCUT2D eigenvalue weighted by molar-refractivity contribution is -0.128. The summed E-state index contributed by atoms with van der Waals surface area (Å²) in [4.78, 5) is 13.9. The highest BCUT2D eigenvalue weighted by Gasteiger charge is 2.25. The Bertz CT molecular complexity index is 660. The number of carbonyl (C=O) groups excluding carboxylic acids is 1. The zero-order valence-electron chi connectivity index (χ0n) is 14.9. The van der Waals surface area contributed by atoms with Crippen LogP contribution in [0.4, 0.5) is 5.69 Å². The van der Waals surface area contributed by atoms with Crippen LogP contribution in [-0.4, -0.2) is 59.8 Å². The number of anilines is 1. The van der Waals surface area contributed by atoms with E-state index in [1.54, 1.807) is 25.2 Å². The van der Waals surface area contributed by atoms with E-state index < -0.39 is 10.0 Å².